The number of sulfonamides is 1. The van der Waals surface area contributed by atoms with Crippen molar-refractivity contribution in [1.82, 2.24) is 4.72 Å². The van der Waals surface area contributed by atoms with Crippen molar-refractivity contribution >= 4 is 16.0 Å². The van der Waals surface area contributed by atoms with Gasteiger partial charge < -0.3 is 5.11 Å². The molecule has 0 radical (unpaired) electrons. The standard InChI is InChI=1S/C13H19NO4S/c1-10(2)19(17,18)14-12(8-9-13(15)16)11-6-4-3-5-7-11/h3-7,10,12,14H,8-9H2,1-2H3,(H,15,16). The molecule has 1 aromatic rings. The second-order valence-electron chi connectivity index (χ2n) is 4.61. The van der Waals surface area contributed by atoms with Gasteiger partial charge in [0.2, 0.25) is 10.0 Å². The first kappa shape index (κ1) is 15.7. The van der Waals surface area contributed by atoms with Crippen LogP contribution in [0.2, 0.25) is 0 Å². The fourth-order valence-corrected chi connectivity index (χ4v) is 2.50. The molecule has 0 saturated heterocycles. The molecule has 5 nitrogen and oxygen atoms in total. The largest absolute Gasteiger partial charge is 0.481 e. The van der Waals surface area contributed by atoms with E-state index in [1.165, 1.54) is 0 Å². The van der Waals surface area contributed by atoms with Crippen molar-refractivity contribution in [2.45, 2.75) is 38.0 Å². The summed E-state index contributed by atoms with van der Waals surface area (Å²) >= 11 is 0. The monoisotopic (exact) mass is 285 g/mol. The van der Waals surface area contributed by atoms with Gasteiger partial charge in [0.1, 0.15) is 0 Å². The summed E-state index contributed by atoms with van der Waals surface area (Å²) in [6.07, 6.45) is 0.144. The van der Waals surface area contributed by atoms with Gasteiger partial charge in [-0.05, 0) is 25.8 Å². The highest BCUT2D eigenvalue weighted by Crippen LogP contribution is 2.20. The van der Waals surface area contributed by atoms with E-state index in [2.05, 4.69) is 4.72 Å². The first-order valence-electron chi connectivity index (χ1n) is 6.11. The van der Waals surface area contributed by atoms with Crippen molar-refractivity contribution in [3.8, 4) is 0 Å². The predicted molar refractivity (Wildman–Crippen MR) is 73.2 cm³/mol. The fraction of sp³-hybridized carbons (Fsp3) is 0.462. The molecule has 0 aliphatic heterocycles. The third kappa shape index (κ3) is 5.00. The van der Waals surface area contributed by atoms with Crippen LogP contribution < -0.4 is 4.72 Å². The Balaban J connectivity index is 2.91. The maximum atomic E-state index is 11.9. The first-order chi connectivity index (χ1) is 8.83. The molecule has 1 aromatic carbocycles. The molecule has 0 aliphatic rings. The van der Waals surface area contributed by atoms with Crippen LogP contribution in [0.5, 0.6) is 0 Å². The summed E-state index contributed by atoms with van der Waals surface area (Å²) in [4.78, 5) is 10.7. The molecule has 1 atom stereocenters. The number of benzene rings is 1. The summed E-state index contributed by atoms with van der Waals surface area (Å²) in [5, 5.41) is 8.19. The summed E-state index contributed by atoms with van der Waals surface area (Å²) in [6, 6.07) is 8.49. The fourth-order valence-electron chi connectivity index (χ4n) is 1.58. The summed E-state index contributed by atoms with van der Waals surface area (Å²) in [7, 11) is -3.44. The van der Waals surface area contributed by atoms with E-state index in [-0.39, 0.29) is 12.8 Å². The molecule has 0 heterocycles. The Labute approximate surface area is 113 Å². The van der Waals surface area contributed by atoms with Crippen molar-refractivity contribution in [3.63, 3.8) is 0 Å². The van der Waals surface area contributed by atoms with E-state index in [9.17, 15) is 13.2 Å². The van der Waals surface area contributed by atoms with E-state index >= 15 is 0 Å². The maximum Gasteiger partial charge on any atom is 0.303 e. The molecule has 0 amide bonds. The molecule has 2 N–H and O–H groups in total. The van der Waals surface area contributed by atoms with Crippen molar-refractivity contribution in [1.29, 1.82) is 0 Å². The van der Waals surface area contributed by atoms with Crippen molar-refractivity contribution in [2.24, 2.45) is 0 Å². The molecule has 19 heavy (non-hydrogen) atoms. The Morgan fingerprint density at radius 1 is 1.26 bits per heavy atom. The second-order valence-corrected chi connectivity index (χ2v) is 6.88. The number of hydrogen-bond donors (Lipinski definition) is 2. The van der Waals surface area contributed by atoms with Gasteiger partial charge in [0.05, 0.1) is 5.25 Å². The van der Waals surface area contributed by atoms with Gasteiger partial charge in [-0.3, -0.25) is 4.79 Å². The normalized spacial score (nSPS) is 13.4. The van der Waals surface area contributed by atoms with E-state index in [0.717, 1.165) is 5.56 Å². The number of rotatable bonds is 7. The third-order valence-corrected chi connectivity index (χ3v) is 4.63. The van der Waals surface area contributed by atoms with Gasteiger partial charge in [-0.2, -0.15) is 0 Å². The first-order valence-corrected chi connectivity index (χ1v) is 7.65. The molecule has 0 saturated carbocycles. The minimum atomic E-state index is -3.44. The molecular weight excluding hydrogens is 266 g/mol. The van der Waals surface area contributed by atoms with Crippen LogP contribution in [0.1, 0.15) is 38.3 Å². The van der Waals surface area contributed by atoms with Crippen LogP contribution in [-0.4, -0.2) is 24.7 Å². The smallest absolute Gasteiger partial charge is 0.303 e. The SMILES string of the molecule is CC(C)S(=O)(=O)NC(CCC(=O)O)c1ccccc1. The number of carboxylic acids is 1. The van der Waals surface area contributed by atoms with Gasteiger partial charge in [-0.15, -0.1) is 0 Å². The minimum absolute atomic E-state index is 0.0832. The van der Waals surface area contributed by atoms with Crippen LogP contribution in [0, 0.1) is 0 Å². The van der Waals surface area contributed by atoms with Crippen LogP contribution in [0.15, 0.2) is 30.3 Å². The highest BCUT2D eigenvalue weighted by molar-refractivity contribution is 7.90. The van der Waals surface area contributed by atoms with E-state index in [1.807, 2.05) is 6.07 Å². The molecule has 0 aromatic heterocycles. The zero-order valence-electron chi connectivity index (χ0n) is 11.0. The summed E-state index contributed by atoms with van der Waals surface area (Å²) < 4.78 is 26.4. The predicted octanol–water partition coefficient (Wildman–Crippen LogP) is 1.92. The summed E-state index contributed by atoms with van der Waals surface area (Å²) in [5.74, 6) is -0.940. The van der Waals surface area contributed by atoms with Gasteiger partial charge in [0.25, 0.3) is 0 Å². The van der Waals surface area contributed by atoms with Gasteiger partial charge in [0.15, 0.2) is 0 Å². The lowest BCUT2D eigenvalue weighted by atomic mass is 10.0. The highest BCUT2D eigenvalue weighted by Gasteiger charge is 2.22. The van der Waals surface area contributed by atoms with Crippen molar-refractivity contribution < 1.29 is 18.3 Å². The van der Waals surface area contributed by atoms with Crippen molar-refractivity contribution in [2.75, 3.05) is 0 Å². The summed E-state index contributed by atoms with van der Waals surface area (Å²) in [5.41, 5.74) is 0.771. The van der Waals surface area contributed by atoms with Crippen LogP contribution >= 0.6 is 0 Å². The van der Waals surface area contributed by atoms with Crippen LogP contribution in [-0.2, 0) is 14.8 Å². The number of hydrogen-bond acceptors (Lipinski definition) is 3. The Morgan fingerprint density at radius 3 is 2.32 bits per heavy atom. The van der Waals surface area contributed by atoms with Crippen LogP contribution in [0.3, 0.4) is 0 Å². The molecular formula is C13H19NO4S. The quantitative estimate of drug-likeness (QED) is 0.801. The minimum Gasteiger partial charge on any atom is -0.481 e. The Bertz CT molecular complexity index is 511. The van der Waals surface area contributed by atoms with Crippen LogP contribution in [0.4, 0.5) is 0 Å². The number of carboxylic acid groups (broad SMARTS) is 1. The zero-order valence-corrected chi connectivity index (χ0v) is 11.9. The number of aliphatic carboxylic acids is 1. The van der Waals surface area contributed by atoms with Crippen LogP contribution in [0.25, 0.3) is 0 Å². The molecule has 0 aliphatic carbocycles. The summed E-state index contributed by atoms with van der Waals surface area (Å²) in [6.45, 7) is 3.17. The van der Waals surface area contributed by atoms with E-state index in [0.29, 0.717) is 0 Å². The van der Waals surface area contributed by atoms with Gasteiger partial charge in [-0.1, -0.05) is 30.3 Å². The molecule has 1 rings (SSSR count). The molecule has 106 valence electrons. The second kappa shape index (κ2) is 6.68. The maximum absolute atomic E-state index is 11.9. The molecule has 1 unspecified atom stereocenters. The highest BCUT2D eigenvalue weighted by atomic mass is 32.2. The van der Waals surface area contributed by atoms with Gasteiger partial charge in [-0.25, -0.2) is 13.1 Å². The van der Waals surface area contributed by atoms with E-state index in [1.54, 1.807) is 38.1 Å². The lowest BCUT2D eigenvalue weighted by molar-refractivity contribution is -0.137. The molecule has 0 spiro atoms. The Morgan fingerprint density at radius 2 is 1.84 bits per heavy atom. The molecule has 0 fully saturated rings. The van der Waals surface area contributed by atoms with E-state index < -0.39 is 27.3 Å². The molecule has 6 heteroatoms. The van der Waals surface area contributed by atoms with Crippen molar-refractivity contribution in [3.05, 3.63) is 35.9 Å². The number of carbonyl (C=O) groups is 1. The lowest BCUT2D eigenvalue weighted by Gasteiger charge is -2.20. The average Bonchev–Trinajstić information content (AvgIpc) is 2.35. The van der Waals surface area contributed by atoms with Gasteiger partial charge >= 0.3 is 5.97 Å². The number of nitrogens with one attached hydrogen (secondary N) is 1. The topological polar surface area (TPSA) is 83.5 Å². The van der Waals surface area contributed by atoms with Gasteiger partial charge in [0, 0.05) is 12.5 Å². The third-order valence-electron chi connectivity index (χ3n) is 2.78. The zero-order chi connectivity index (χ0) is 14.5. The lowest BCUT2D eigenvalue weighted by Crippen LogP contribution is -2.34. The Hall–Kier alpha value is -1.40. The van der Waals surface area contributed by atoms with E-state index in [4.69, 9.17) is 5.11 Å². The molecule has 0 bridgehead atoms. The Kier molecular flexibility index (Phi) is 5.50. The average molecular weight is 285 g/mol.